The Morgan fingerprint density at radius 1 is 1.65 bits per heavy atom. The predicted molar refractivity (Wildman–Crippen MR) is 69.6 cm³/mol. The van der Waals surface area contributed by atoms with Crippen LogP contribution in [0.1, 0.15) is 24.1 Å². The van der Waals surface area contributed by atoms with Crippen LogP contribution in [0, 0.1) is 0 Å². The minimum atomic E-state index is -0.361. The van der Waals surface area contributed by atoms with Crippen LogP contribution in [0.25, 0.3) is 0 Å². The molecule has 2 heterocycles. The van der Waals surface area contributed by atoms with Gasteiger partial charge in [-0.15, -0.1) is 11.3 Å². The van der Waals surface area contributed by atoms with Crippen LogP contribution >= 0.6 is 27.3 Å². The van der Waals surface area contributed by atoms with Gasteiger partial charge in [-0.05, 0) is 34.8 Å². The molecule has 2 rings (SSSR count). The molecule has 0 saturated carbocycles. The van der Waals surface area contributed by atoms with E-state index in [1.54, 1.807) is 11.3 Å². The number of nitrogens with one attached hydrogen (secondary N) is 2. The number of amides is 2. The van der Waals surface area contributed by atoms with E-state index in [0.29, 0.717) is 13.0 Å². The number of halogens is 1. The standard InChI is InChI=1S/C11H13BrN2O2S/c12-7-4-8(17-6-7)5-13-11(16)9-2-1-3-10(15)14-9/h4,6,9H,1-3,5H2,(H,13,16)(H,14,15)/t9-/m1/s1. The first-order chi connectivity index (χ1) is 8.15. The second-order valence-corrected chi connectivity index (χ2v) is 5.87. The van der Waals surface area contributed by atoms with Crippen LogP contribution < -0.4 is 10.6 Å². The van der Waals surface area contributed by atoms with E-state index in [1.165, 1.54) is 0 Å². The summed E-state index contributed by atoms with van der Waals surface area (Å²) >= 11 is 4.95. The van der Waals surface area contributed by atoms with E-state index in [0.717, 1.165) is 22.2 Å². The molecule has 0 radical (unpaired) electrons. The molecule has 1 aliphatic heterocycles. The summed E-state index contributed by atoms with van der Waals surface area (Å²) in [6.07, 6.45) is 2.04. The Balaban J connectivity index is 1.82. The van der Waals surface area contributed by atoms with Gasteiger partial charge in [-0.2, -0.15) is 0 Å². The van der Waals surface area contributed by atoms with Crippen molar-refractivity contribution in [3.8, 4) is 0 Å². The zero-order valence-electron chi connectivity index (χ0n) is 9.16. The van der Waals surface area contributed by atoms with E-state index in [2.05, 4.69) is 26.6 Å². The molecule has 0 bridgehead atoms. The molecule has 17 heavy (non-hydrogen) atoms. The molecule has 1 atom stereocenters. The average molecular weight is 317 g/mol. The van der Waals surface area contributed by atoms with Crippen molar-refractivity contribution in [1.82, 2.24) is 10.6 Å². The van der Waals surface area contributed by atoms with E-state index >= 15 is 0 Å². The van der Waals surface area contributed by atoms with Gasteiger partial charge in [0.2, 0.25) is 11.8 Å². The fourth-order valence-corrected chi connectivity index (χ4v) is 3.14. The van der Waals surface area contributed by atoms with Crippen molar-refractivity contribution in [3.63, 3.8) is 0 Å². The summed E-state index contributed by atoms with van der Waals surface area (Å²) in [5, 5.41) is 7.52. The zero-order valence-corrected chi connectivity index (χ0v) is 11.6. The Morgan fingerprint density at radius 3 is 3.12 bits per heavy atom. The Hall–Kier alpha value is -0.880. The minimum absolute atomic E-state index is 0.0322. The van der Waals surface area contributed by atoms with Gasteiger partial charge in [0.1, 0.15) is 6.04 Å². The first kappa shape index (κ1) is 12.6. The third-order valence-corrected chi connectivity index (χ3v) is 4.30. The van der Waals surface area contributed by atoms with Gasteiger partial charge in [0.15, 0.2) is 0 Å². The molecule has 4 nitrogen and oxygen atoms in total. The predicted octanol–water partition coefficient (Wildman–Crippen LogP) is 1.80. The lowest BCUT2D eigenvalue weighted by molar-refractivity contribution is -0.131. The lowest BCUT2D eigenvalue weighted by atomic mass is 10.0. The highest BCUT2D eigenvalue weighted by atomic mass is 79.9. The fraction of sp³-hybridized carbons (Fsp3) is 0.455. The van der Waals surface area contributed by atoms with Gasteiger partial charge in [0.05, 0.1) is 6.54 Å². The number of carbonyl (C=O) groups is 2. The normalized spacial score (nSPS) is 19.8. The van der Waals surface area contributed by atoms with Crippen LogP contribution in [0.2, 0.25) is 0 Å². The monoisotopic (exact) mass is 316 g/mol. The number of carbonyl (C=O) groups excluding carboxylic acids is 2. The number of hydrogen-bond acceptors (Lipinski definition) is 3. The molecule has 0 aliphatic carbocycles. The Labute approximate surface area is 112 Å². The highest BCUT2D eigenvalue weighted by Crippen LogP contribution is 2.19. The van der Waals surface area contributed by atoms with Crippen LogP contribution in [-0.2, 0) is 16.1 Å². The third kappa shape index (κ3) is 3.54. The Bertz CT molecular complexity index is 433. The molecule has 92 valence electrons. The molecule has 1 fully saturated rings. The van der Waals surface area contributed by atoms with Crippen molar-refractivity contribution >= 4 is 39.1 Å². The molecule has 1 aliphatic rings. The summed E-state index contributed by atoms with van der Waals surface area (Å²) in [5.74, 6) is -0.127. The van der Waals surface area contributed by atoms with Crippen molar-refractivity contribution in [2.75, 3.05) is 0 Å². The second-order valence-electron chi connectivity index (χ2n) is 3.96. The highest BCUT2D eigenvalue weighted by molar-refractivity contribution is 9.10. The molecule has 2 N–H and O–H groups in total. The van der Waals surface area contributed by atoms with Crippen molar-refractivity contribution in [2.45, 2.75) is 31.8 Å². The smallest absolute Gasteiger partial charge is 0.242 e. The molecule has 1 aromatic heterocycles. The van der Waals surface area contributed by atoms with Crippen LogP contribution in [0.5, 0.6) is 0 Å². The molecule has 0 aromatic carbocycles. The van der Waals surface area contributed by atoms with Crippen molar-refractivity contribution in [1.29, 1.82) is 0 Å². The van der Waals surface area contributed by atoms with Gasteiger partial charge in [-0.25, -0.2) is 0 Å². The number of piperidine rings is 1. The Morgan fingerprint density at radius 2 is 2.47 bits per heavy atom. The summed E-state index contributed by atoms with van der Waals surface area (Å²) in [6.45, 7) is 0.515. The maximum Gasteiger partial charge on any atom is 0.242 e. The van der Waals surface area contributed by atoms with Gasteiger partial charge in [0.25, 0.3) is 0 Å². The SMILES string of the molecule is O=C1CCC[C@H](C(=O)NCc2cc(Br)cs2)N1. The van der Waals surface area contributed by atoms with Crippen LogP contribution in [0.3, 0.4) is 0 Å². The van der Waals surface area contributed by atoms with Gasteiger partial charge in [0, 0.05) is 21.2 Å². The van der Waals surface area contributed by atoms with Crippen molar-refractivity contribution in [2.24, 2.45) is 0 Å². The molecule has 0 unspecified atom stereocenters. The molecule has 1 saturated heterocycles. The molecule has 6 heteroatoms. The van der Waals surface area contributed by atoms with E-state index in [9.17, 15) is 9.59 Å². The molecular formula is C11H13BrN2O2S. The number of rotatable bonds is 3. The summed E-state index contributed by atoms with van der Waals surface area (Å²) in [7, 11) is 0. The Kier molecular flexibility index (Phi) is 4.17. The van der Waals surface area contributed by atoms with Gasteiger partial charge in [-0.1, -0.05) is 0 Å². The quantitative estimate of drug-likeness (QED) is 0.893. The number of thiophene rings is 1. The lowest BCUT2D eigenvalue weighted by Crippen LogP contribution is -2.48. The topological polar surface area (TPSA) is 58.2 Å². The van der Waals surface area contributed by atoms with Crippen molar-refractivity contribution in [3.05, 3.63) is 20.8 Å². The summed E-state index contributed by atoms with van der Waals surface area (Å²) in [6, 6.07) is 1.62. The summed E-state index contributed by atoms with van der Waals surface area (Å²) in [4.78, 5) is 24.0. The highest BCUT2D eigenvalue weighted by Gasteiger charge is 2.24. The molecule has 2 amide bonds. The van der Waals surface area contributed by atoms with Gasteiger partial charge >= 0.3 is 0 Å². The van der Waals surface area contributed by atoms with E-state index < -0.39 is 0 Å². The zero-order chi connectivity index (χ0) is 12.3. The molecular weight excluding hydrogens is 304 g/mol. The molecule has 0 spiro atoms. The van der Waals surface area contributed by atoms with Gasteiger partial charge in [-0.3, -0.25) is 9.59 Å². The summed E-state index contributed by atoms with van der Waals surface area (Å²) in [5.41, 5.74) is 0. The minimum Gasteiger partial charge on any atom is -0.349 e. The first-order valence-electron chi connectivity index (χ1n) is 5.45. The maximum atomic E-state index is 11.8. The average Bonchev–Trinajstić information content (AvgIpc) is 2.72. The second kappa shape index (κ2) is 5.64. The number of hydrogen-bond donors (Lipinski definition) is 2. The van der Waals surface area contributed by atoms with E-state index in [-0.39, 0.29) is 17.9 Å². The largest absolute Gasteiger partial charge is 0.349 e. The van der Waals surface area contributed by atoms with E-state index in [4.69, 9.17) is 0 Å². The van der Waals surface area contributed by atoms with Crippen LogP contribution in [0.15, 0.2) is 15.9 Å². The summed E-state index contributed by atoms with van der Waals surface area (Å²) < 4.78 is 1.03. The molecule has 1 aromatic rings. The third-order valence-electron chi connectivity index (χ3n) is 2.61. The fourth-order valence-electron chi connectivity index (χ4n) is 1.75. The van der Waals surface area contributed by atoms with Gasteiger partial charge < -0.3 is 10.6 Å². The van der Waals surface area contributed by atoms with Crippen LogP contribution in [-0.4, -0.2) is 17.9 Å². The van der Waals surface area contributed by atoms with E-state index in [1.807, 2.05) is 11.4 Å². The van der Waals surface area contributed by atoms with Crippen LogP contribution in [0.4, 0.5) is 0 Å². The van der Waals surface area contributed by atoms with Crippen molar-refractivity contribution < 1.29 is 9.59 Å². The lowest BCUT2D eigenvalue weighted by Gasteiger charge is -2.22. The first-order valence-corrected chi connectivity index (χ1v) is 7.12. The maximum absolute atomic E-state index is 11.8.